The van der Waals surface area contributed by atoms with Gasteiger partial charge in [0.2, 0.25) is 0 Å². The predicted molar refractivity (Wildman–Crippen MR) is 69.7 cm³/mol. The standard InChI is InChI=1S/C12H12N4OS/c13-16-11(17)10-4-1-3-9(7-10)8-18-12-14-5-2-6-15-12/h1-7H,8,13H2,(H,16,17). The molecule has 0 saturated carbocycles. The first kappa shape index (κ1) is 12.5. The van der Waals surface area contributed by atoms with Crippen LogP contribution in [0.2, 0.25) is 0 Å². The number of thioether (sulfide) groups is 1. The Morgan fingerprint density at radius 1 is 1.28 bits per heavy atom. The van der Waals surface area contributed by atoms with E-state index in [-0.39, 0.29) is 5.91 Å². The molecule has 2 aromatic rings. The number of benzene rings is 1. The largest absolute Gasteiger partial charge is 0.290 e. The van der Waals surface area contributed by atoms with Crippen molar-refractivity contribution in [1.29, 1.82) is 0 Å². The van der Waals surface area contributed by atoms with E-state index in [4.69, 9.17) is 5.84 Å². The molecule has 0 radical (unpaired) electrons. The first-order valence-electron chi connectivity index (χ1n) is 5.29. The van der Waals surface area contributed by atoms with Crippen LogP contribution in [0, 0.1) is 0 Å². The lowest BCUT2D eigenvalue weighted by Gasteiger charge is -2.03. The lowest BCUT2D eigenvalue weighted by Crippen LogP contribution is -2.29. The predicted octanol–water partition coefficient (Wildman–Crippen LogP) is 1.37. The van der Waals surface area contributed by atoms with Gasteiger partial charge in [0.25, 0.3) is 5.91 Å². The Balaban J connectivity index is 2.04. The maximum atomic E-state index is 11.4. The molecule has 0 aliphatic carbocycles. The summed E-state index contributed by atoms with van der Waals surface area (Å²) in [5.41, 5.74) is 3.68. The van der Waals surface area contributed by atoms with Crippen molar-refractivity contribution in [3.8, 4) is 0 Å². The lowest BCUT2D eigenvalue weighted by atomic mass is 10.1. The number of nitrogens with zero attached hydrogens (tertiary/aromatic N) is 2. The summed E-state index contributed by atoms with van der Waals surface area (Å²) in [6, 6.07) is 9.07. The molecule has 0 aliphatic rings. The highest BCUT2D eigenvalue weighted by molar-refractivity contribution is 7.98. The summed E-state index contributed by atoms with van der Waals surface area (Å²) in [6.07, 6.45) is 3.40. The minimum atomic E-state index is -0.294. The first-order valence-corrected chi connectivity index (χ1v) is 6.28. The molecule has 0 bridgehead atoms. The monoisotopic (exact) mass is 260 g/mol. The van der Waals surface area contributed by atoms with E-state index in [0.29, 0.717) is 16.5 Å². The molecule has 0 atom stereocenters. The number of rotatable bonds is 4. The van der Waals surface area contributed by atoms with Gasteiger partial charge in [-0.15, -0.1) is 0 Å². The molecule has 0 unspecified atom stereocenters. The van der Waals surface area contributed by atoms with E-state index in [2.05, 4.69) is 15.4 Å². The third kappa shape index (κ3) is 3.28. The van der Waals surface area contributed by atoms with Gasteiger partial charge in [-0.25, -0.2) is 15.8 Å². The molecule has 1 aromatic carbocycles. The van der Waals surface area contributed by atoms with E-state index in [1.54, 1.807) is 30.6 Å². The normalized spacial score (nSPS) is 10.1. The maximum Gasteiger partial charge on any atom is 0.265 e. The van der Waals surface area contributed by atoms with Gasteiger partial charge in [-0.3, -0.25) is 10.2 Å². The number of nitrogen functional groups attached to an aromatic ring is 1. The number of nitrogens with one attached hydrogen (secondary N) is 1. The van der Waals surface area contributed by atoms with Gasteiger partial charge in [0.05, 0.1) is 0 Å². The maximum absolute atomic E-state index is 11.4. The summed E-state index contributed by atoms with van der Waals surface area (Å²) in [4.78, 5) is 19.6. The molecule has 5 nitrogen and oxygen atoms in total. The van der Waals surface area contributed by atoms with Gasteiger partial charge in [0.15, 0.2) is 5.16 Å². The Kier molecular flexibility index (Phi) is 4.27. The Labute approximate surface area is 109 Å². The van der Waals surface area contributed by atoms with Crippen molar-refractivity contribution in [1.82, 2.24) is 15.4 Å². The summed E-state index contributed by atoms with van der Waals surface area (Å²) < 4.78 is 0. The fourth-order valence-corrected chi connectivity index (χ4v) is 2.14. The SMILES string of the molecule is NNC(=O)c1cccc(CSc2ncccn2)c1. The van der Waals surface area contributed by atoms with E-state index in [0.717, 1.165) is 5.56 Å². The van der Waals surface area contributed by atoms with Crippen molar-refractivity contribution >= 4 is 17.7 Å². The smallest absolute Gasteiger partial charge is 0.265 e. The summed E-state index contributed by atoms with van der Waals surface area (Å²) in [5.74, 6) is 5.50. The van der Waals surface area contributed by atoms with Gasteiger partial charge in [0.1, 0.15) is 0 Å². The molecule has 1 aromatic heterocycles. The van der Waals surface area contributed by atoms with Crippen molar-refractivity contribution < 1.29 is 4.79 Å². The van der Waals surface area contributed by atoms with Crippen molar-refractivity contribution in [2.75, 3.05) is 0 Å². The number of nitrogens with two attached hydrogens (primary N) is 1. The van der Waals surface area contributed by atoms with Gasteiger partial charge in [-0.2, -0.15) is 0 Å². The van der Waals surface area contributed by atoms with Crippen LogP contribution >= 0.6 is 11.8 Å². The quantitative estimate of drug-likeness (QED) is 0.285. The average Bonchev–Trinajstić information content (AvgIpc) is 2.45. The van der Waals surface area contributed by atoms with Crippen LogP contribution in [0.15, 0.2) is 47.9 Å². The second-order valence-corrected chi connectivity index (χ2v) is 4.44. The molecule has 0 saturated heterocycles. The molecule has 1 amide bonds. The fraction of sp³-hybridized carbons (Fsp3) is 0.0833. The second kappa shape index (κ2) is 6.13. The van der Waals surface area contributed by atoms with Crippen molar-refractivity contribution in [3.63, 3.8) is 0 Å². The Hall–Kier alpha value is -1.92. The fourth-order valence-electron chi connectivity index (χ4n) is 1.39. The summed E-state index contributed by atoms with van der Waals surface area (Å²) >= 11 is 1.52. The van der Waals surface area contributed by atoms with Crippen LogP contribution in [-0.4, -0.2) is 15.9 Å². The molecular weight excluding hydrogens is 248 g/mol. The molecule has 0 fully saturated rings. The van der Waals surface area contributed by atoms with Crippen LogP contribution < -0.4 is 11.3 Å². The van der Waals surface area contributed by atoms with Crippen molar-refractivity contribution in [3.05, 3.63) is 53.9 Å². The number of carbonyl (C=O) groups excluding carboxylic acids is 1. The van der Waals surface area contributed by atoms with Gasteiger partial charge < -0.3 is 0 Å². The highest BCUT2D eigenvalue weighted by Gasteiger charge is 2.04. The van der Waals surface area contributed by atoms with Crippen LogP contribution in [0.25, 0.3) is 0 Å². The summed E-state index contributed by atoms with van der Waals surface area (Å²) in [5, 5.41) is 0.714. The van der Waals surface area contributed by atoms with E-state index < -0.39 is 0 Å². The van der Waals surface area contributed by atoms with E-state index >= 15 is 0 Å². The average molecular weight is 260 g/mol. The van der Waals surface area contributed by atoms with Gasteiger partial charge >= 0.3 is 0 Å². The van der Waals surface area contributed by atoms with Crippen LogP contribution in [0.5, 0.6) is 0 Å². The number of hydrogen-bond acceptors (Lipinski definition) is 5. The number of hydrogen-bond donors (Lipinski definition) is 2. The summed E-state index contributed by atoms with van der Waals surface area (Å²) in [6.45, 7) is 0. The van der Waals surface area contributed by atoms with E-state index in [1.807, 2.05) is 12.1 Å². The van der Waals surface area contributed by atoms with Gasteiger partial charge in [0, 0.05) is 23.7 Å². The Bertz CT molecular complexity index is 533. The molecule has 92 valence electrons. The highest BCUT2D eigenvalue weighted by Crippen LogP contribution is 2.18. The Morgan fingerprint density at radius 3 is 2.78 bits per heavy atom. The second-order valence-electron chi connectivity index (χ2n) is 3.49. The molecule has 6 heteroatoms. The molecule has 1 heterocycles. The number of hydrazine groups is 1. The zero-order valence-corrected chi connectivity index (χ0v) is 10.4. The summed E-state index contributed by atoms with van der Waals surface area (Å²) in [7, 11) is 0. The molecule has 18 heavy (non-hydrogen) atoms. The van der Waals surface area contributed by atoms with Gasteiger partial charge in [-0.1, -0.05) is 23.9 Å². The topological polar surface area (TPSA) is 80.9 Å². The Morgan fingerprint density at radius 2 is 2.06 bits per heavy atom. The molecule has 3 N–H and O–H groups in total. The van der Waals surface area contributed by atoms with E-state index in [1.165, 1.54) is 11.8 Å². The van der Waals surface area contributed by atoms with Crippen LogP contribution in [-0.2, 0) is 5.75 Å². The molecule has 0 spiro atoms. The number of aromatic nitrogens is 2. The third-order valence-electron chi connectivity index (χ3n) is 2.23. The zero-order chi connectivity index (χ0) is 12.8. The number of amides is 1. The zero-order valence-electron chi connectivity index (χ0n) is 9.54. The highest BCUT2D eigenvalue weighted by atomic mass is 32.2. The molecule has 0 aliphatic heterocycles. The number of carbonyl (C=O) groups is 1. The molecule has 2 rings (SSSR count). The first-order chi connectivity index (χ1) is 8.79. The lowest BCUT2D eigenvalue weighted by molar-refractivity contribution is 0.0953. The van der Waals surface area contributed by atoms with Crippen LogP contribution in [0.3, 0.4) is 0 Å². The third-order valence-corrected chi connectivity index (χ3v) is 3.18. The molecular formula is C12H12N4OS. The van der Waals surface area contributed by atoms with Crippen LogP contribution in [0.4, 0.5) is 0 Å². The van der Waals surface area contributed by atoms with Crippen molar-refractivity contribution in [2.24, 2.45) is 5.84 Å². The van der Waals surface area contributed by atoms with Crippen LogP contribution in [0.1, 0.15) is 15.9 Å². The van der Waals surface area contributed by atoms with E-state index in [9.17, 15) is 4.79 Å². The minimum absolute atomic E-state index is 0.294. The van der Waals surface area contributed by atoms with Crippen molar-refractivity contribution in [2.45, 2.75) is 10.9 Å². The van der Waals surface area contributed by atoms with Gasteiger partial charge in [-0.05, 0) is 23.8 Å². The minimum Gasteiger partial charge on any atom is -0.290 e.